The van der Waals surface area contributed by atoms with Crippen LogP contribution in [0.4, 0.5) is 4.79 Å². The zero-order valence-corrected chi connectivity index (χ0v) is 14.6. The monoisotopic (exact) mass is 327 g/mol. The topological polar surface area (TPSA) is 38.8 Å². The summed E-state index contributed by atoms with van der Waals surface area (Å²) in [6.07, 6.45) is 1.45. The Labute approximate surface area is 144 Å². The van der Waals surface area contributed by atoms with E-state index in [9.17, 15) is 4.79 Å². The Bertz CT molecular complexity index is 651. The summed E-state index contributed by atoms with van der Waals surface area (Å²) in [5, 5.41) is 0. The van der Waals surface area contributed by atoms with Gasteiger partial charge in [0.25, 0.3) is 0 Å². The normalized spacial score (nSPS) is 10.3. The molecule has 0 bridgehead atoms. The summed E-state index contributed by atoms with van der Waals surface area (Å²) in [5.41, 5.74) is 2.36. The van der Waals surface area contributed by atoms with Crippen molar-refractivity contribution in [2.45, 2.75) is 26.7 Å². The van der Waals surface area contributed by atoms with Crippen LogP contribution in [0.5, 0.6) is 11.5 Å². The van der Waals surface area contributed by atoms with Gasteiger partial charge in [0.05, 0.1) is 7.11 Å². The number of nitrogens with zero attached hydrogens (tertiary/aromatic N) is 1. The van der Waals surface area contributed by atoms with E-state index in [1.807, 2.05) is 44.2 Å². The van der Waals surface area contributed by atoms with Gasteiger partial charge in [-0.15, -0.1) is 0 Å². The smallest absolute Gasteiger partial charge is 0.415 e. The lowest BCUT2D eigenvalue weighted by molar-refractivity contribution is 0.157. The maximum atomic E-state index is 12.1. The quantitative estimate of drug-likeness (QED) is 0.760. The van der Waals surface area contributed by atoms with Crippen LogP contribution in [0.1, 0.15) is 25.0 Å². The number of hydrogen-bond acceptors (Lipinski definition) is 3. The van der Waals surface area contributed by atoms with Crippen molar-refractivity contribution in [3.63, 3.8) is 0 Å². The largest absolute Gasteiger partial charge is 0.497 e. The van der Waals surface area contributed by atoms with Crippen LogP contribution in [0.15, 0.2) is 48.5 Å². The summed E-state index contributed by atoms with van der Waals surface area (Å²) in [6, 6.07) is 16.0. The third-order valence-electron chi connectivity index (χ3n) is 3.95. The highest BCUT2D eigenvalue weighted by Crippen LogP contribution is 2.24. The van der Waals surface area contributed by atoms with Crippen molar-refractivity contribution in [3.05, 3.63) is 59.7 Å². The number of carbonyl (C=O) groups excluding carboxylic acids is 1. The van der Waals surface area contributed by atoms with Crippen LogP contribution in [0, 0.1) is 0 Å². The summed E-state index contributed by atoms with van der Waals surface area (Å²) in [6.45, 7) is 5.11. The summed E-state index contributed by atoms with van der Waals surface area (Å²) in [4.78, 5) is 13.8. The lowest BCUT2D eigenvalue weighted by atomic mass is 10.0. The molecule has 0 aliphatic carbocycles. The van der Waals surface area contributed by atoms with Crippen molar-refractivity contribution in [2.75, 3.05) is 20.2 Å². The van der Waals surface area contributed by atoms with Crippen LogP contribution in [0.25, 0.3) is 0 Å². The molecule has 128 valence electrons. The molecule has 0 unspecified atom stereocenters. The molecule has 2 aromatic rings. The Balaban J connectivity index is 2.10. The first-order valence-corrected chi connectivity index (χ1v) is 8.34. The highest BCUT2D eigenvalue weighted by molar-refractivity contribution is 5.70. The zero-order chi connectivity index (χ0) is 17.4. The number of benzene rings is 2. The average molecular weight is 327 g/mol. The average Bonchev–Trinajstić information content (AvgIpc) is 2.61. The first-order valence-electron chi connectivity index (χ1n) is 8.34. The Hall–Kier alpha value is -2.49. The first kappa shape index (κ1) is 17.9. The molecular formula is C20H25NO3. The molecule has 4 heteroatoms. The molecule has 0 saturated carbocycles. The third kappa shape index (κ3) is 5.01. The second-order valence-corrected chi connectivity index (χ2v) is 5.54. The number of rotatable bonds is 7. The number of amides is 1. The van der Waals surface area contributed by atoms with Gasteiger partial charge in [0, 0.05) is 19.2 Å². The van der Waals surface area contributed by atoms with E-state index in [0.29, 0.717) is 24.6 Å². The maximum Gasteiger partial charge on any atom is 0.415 e. The summed E-state index contributed by atoms with van der Waals surface area (Å²) >= 11 is 0. The van der Waals surface area contributed by atoms with Crippen molar-refractivity contribution >= 4 is 6.09 Å². The Morgan fingerprint density at radius 3 is 2.17 bits per heavy atom. The fraction of sp³-hybridized carbons (Fsp3) is 0.350. The Morgan fingerprint density at radius 2 is 1.54 bits per heavy atom. The van der Waals surface area contributed by atoms with Crippen molar-refractivity contribution < 1.29 is 14.3 Å². The van der Waals surface area contributed by atoms with Gasteiger partial charge in [-0.25, -0.2) is 4.79 Å². The van der Waals surface area contributed by atoms with Crippen LogP contribution in [-0.4, -0.2) is 31.2 Å². The van der Waals surface area contributed by atoms with Gasteiger partial charge in [-0.1, -0.05) is 30.3 Å². The van der Waals surface area contributed by atoms with Crippen LogP contribution < -0.4 is 9.47 Å². The van der Waals surface area contributed by atoms with Crippen LogP contribution >= 0.6 is 0 Å². The van der Waals surface area contributed by atoms with Crippen molar-refractivity contribution in [1.29, 1.82) is 0 Å². The zero-order valence-electron chi connectivity index (χ0n) is 14.6. The minimum absolute atomic E-state index is 0.331. The fourth-order valence-electron chi connectivity index (χ4n) is 2.53. The van der Waals surface area contributed by atoms with Crippen LogP contribution in [0.2, 0.25) is 0 Å². The first-order chi connectivity index (χ1) is 11.7. The van der Waals surface area contributed by atoms with Crippen LogP contribution in [-0.2, 0) is 12.8 Å². The third-order valence-corrected chi connectivity index (χ3v) is 3.95. The lowest BCUT2D eigenvalue weighted by Gasteiger charge is -2.18. The molecule has 0 N–H and O–H groups in total. The standard InChI is InChI=1S/C20H25NO3/c1-4-21(5-2)20(22)24-19-14-17(13-18(15-19)23-3)12-11-16-9-7-6-8-10-16/h6-10,13-15H,4-5,11-12H2,1-3H3. The SMILES string of the molecule is CCN(CC)C(=O)Oc1cc(CCc2ccccc2)cc(OC)c1. The second kappa shape index (κ2) is 8.96. The number of hydrogen-bond donors (Lipinski definition) is 0. The number of methoxy groups -OCH3 is 1. The maximum absolute atomic E-state index is 12.1. The molecule has 0 spiro atoms. The van der Waals surface area contributed by atoms with E-state index in [2.05, 4.69) is 12.1 Å². The number of ether oxygens (including phenoxy) is 2. The number of carbonyl (C=O) groups is 1. The van der Waals surface area contributed by atoms with E-state index < -0.39 is 0 Å². The molecule has 24 heavy (non-hydrogen) atoms. The van der Waals surface area contributed by atoms with Crippen molar-refractivity contribution in [1.82, 2.24) is 4.90 Å². The van der Waals surface area contributed by atoms with Gasteiger partial charge in [0.15, 0.2) is 0 Å². The van der Waals surface area contributed by atoms with Gasteiger partial charge >= 0.3 is 6.09 Å². The van der Waals surface area contributed by atoms with Gasteiger partial charge < -0.3 is 14.4 Å². The second-order valence-electron chi connectivity index (χ2n) is 5.54. The Morgan fingerprint density at radius 1 is 0.917 bits per heavy atom. The molecule has 0 saturated heterocycles. The highest BCUT2D eigenvalue weighted by atomic mass is 16.6. The minimum Gasteiger partial charge on any atom is -0.497 e. The molecule has 0 heterocycles. The summed E-state index contributed by atoms with van der Waals surface area (Å²) in [7, 11) is 1.62. The predicted octanol–water partition coefficient (Wildman–Crippen LogP) is 4.32. The van der Waals surface area contributed by atoms with Crippen molar-refractivity contribution in [2.24, 2.45) is 0 Å². The molecule has 0 radical (unpaired) electrons. The van der Waals surface area contributed by atoms with Crippen molar-refractivity contribution in [3.8, 4) is 11.5 Å². The predicted molar refractivity (Wildman–Crippen MR) is 95.8 cm³/mol. The molecular weight excluding hydrogens is 302 g/mol. The molecule has 0 aliphatic heterocycles. The van der Waals surface area contributed by atoms with E-state index in [-0.39, 0.29) is 6.09 Å². The van der Waals surface area contributed by atoms with E-state index in [0.717, 1.165) is 18.4 Å². The van der Waals surface area contributed by atoms with E-state index in [1.165, 1.54) is 5.56 Å². The van der Waals surface area contributed by atoms with Gasteiger partial charge in [-0.3, -0.25) is 0 Å². The summed E-state index contributed by atoms with van der Waals surface area (Å²) < 4.78 is 10.8. The minimum atomic E-state index is -0.331. The molecule has 0 aliphatic rings. The molecule has 0 fully saturated rings. The fourth-order valence-corrected chi connectivity index (χ4v) is 2.53. The van der Waals surface area contributed by atoms with E-state index in [1.54, 1.807) is 18.1 Å². The molecule has 2 rings (SSSR count). The van der Waals surface area contributed by atoms with Gasteiger partial charge in [0.1, 0.15) is 11.5 Å². The summed E-state index contributed by atoms with van der Waals surface area (Å²) in [5.74, 6) is 1.22. The Kier molecular flexibility index (Phi) is 6.67. The molecule has 1 amide bonds. The van der Waals surface area contributed by atoms with Gasteiger partial charge in [0.2, 0.25) is 0 Å². The molecule has 2 aromatic carbocycles. The van der Waals surface area contributed by atoms with E-state index in [4.69, 9.17) is 9.47 Å². The van der Waals surface area contributed by atoms with E-state index >= 15 is 0 Å². The number of aryl methyl sites for hydroxylation is 2. The van der Waals surface area contributed by atoms with Gasteiger partial charge in [-0.05, 0) is 49.9 Å². The van der Waals surface area contributed by atoms with Crippen LogP contribution in [0.3, 0.4) is 0 Å². The highest BCUT2D eigenvalue weighted by Gasteiger charge is 2.13. The molecule has 0 atom stereocenters. The molecule has 0 aromatic heterocycles. The van der Waals surface area contributed by atoms with Gasteiger partial charge in [-0.2, -0.15) is 0 Å². The lowest BCUT2D eigenvalue weighted by Crippen LogP contribution is -2.33. The molecule has 4 nitrogen and oxygen atoms in total.